The molecule has 2 aromatic rings. The van der Waals surface area contributed by atoms with E-state index in [1.807, 2.05) is 6.92 Å². The number of nitrogens with zero attached hydrogens (tertiary/aromatic N) is 1. The number of carbonyl (C=O) groups is 3. The van der Waals surface area contributed by atoms with Crippen molar-refractivity contribution in [1.82, 2.24) is 10.2 Å². The lowest BCUT2D eigenvalue weighted by atomic mass is 10.1. The number of aryl methyl sites for hydroxylation is 1. The summed E-state index contributed by atoms with van der Waals surface area (Å²) in [4.78, 5) is 37.8. The van der Waals surface area contributed by atoms with Gasteiger partial charge in [-0.2, -0.15) is 13.2 Å². The Hall–Kier alpha value is -3.36. The van der Waals surface area contributed by atoms with Gasteiger partial charge in [-0.1, -0.05) is 11.6 Å². The minimum absolute atomic E-state index is 0.0921. The quantitative estimate of drug-likeness (QED) is 0.509. The monoisotopic (exact) mass is 434 g/mol. The van der Waals surface area contributed by atoms with Crippen LogP contribution in [0, 0.1) is 6.92 Å². The molecule has 0 spiro atoms. The Morgan fingerprint density at radius 2 is 1.71 bits per heavy atom. The number of amides is 3. The molecule has 3 rings (SSSR count). The minimum atomic E-state index is -4.40. The number of alkyl halides is 3. The van der Waals surface area contributed by atoms with Gasteiger partial charge < -0.3 is 10.1 Å². The molecule has 9 heteroatoms. The van der Waals surface area contributed by atoms with E-state index in [2.05, 4.69) is 5.32 Å². The first kappa shape index (κ1) is 22.3. The van der Waals surface area contributed by atoms with Gasteiger partial charge in [-0.3, -0.25) is 19.3 Å². The Bertz CT molecular complexity index is 987. The molecule has 0 bridgehead atoms. The summed E-state index contributed by atoms with van der Waals surface area (Å²) in [5, 5.41) is 2.63. The number of carbonyl (C=O) groups excluding carboxylic acids is 3. The lowest BCUT2D eigenvalue weighted by Gasteiger charge is -2.13. The van der Waals surface area contributed by atoms with Gasteiger partial charge in [-0.25, -0.2) is 0 Å². The maximum Gasteiger partial charge on any atom is 0.416 e. The van der Waals surface area contributed by atoms with Gasteiger partial charge >= 0.3 is 6.18 Å². The highest BCUT2D eigenvalue weighted by atomic mass is 19.4. The second kappa shape index (κ2) is 9.20. The van der Waals surface area contributed by atoms with E-state index in [9.17, 15) is 27.6 Å². The van der Waals surface area contributed by atoms with Crippen LogP contribution in [0.2, 0.25) is 0 Å². The van der Waals surface area contributed by atoms with E-state index < -0.39 is 11.7 Å². The average Bonchev–Trinajstić information content (AvgIpc) is 2.95. The molecule has 0 aliphatic carbocycles. The molecule has 0 radical (unpaired) electrons. The van der Waals surface area contributed by atoms with Crippen molar-refractivity contribution in [1.29, 1.82) is 0 Å². The number of hydrogen-bond acceptors (Lipinski definition) is 4. The summed E-state index contributed by atoms with van der Waals surface area (Å²) in [7, 11) is 0. The smallest absolute Gasteiger partial charge is 0.416 e. The van der Waals surface area contributed by atoms with Crippen LogP contribution in [0.15, 0.2) is 42.5 Å². The van der Waals surface area contributed by atoms with Crippen LogP contribution in [-0.2, 0) is 11.0 Å². The second-order valence-corrected chi connectivity index (χ2v) is 7.14. The van der Waals surface area contributed by atoms with E-state index in [1.165, 1.54) is 12.1 Å². The van der Waals surface area contributed by atoms with Crippen LogP contribution in [-0.4, -0.2) is 42.3 Å². The summed E-state index contributed by atoms with van der Waals surface area (Å²) in [6.45, 7) is 2.24. The van der Waals surface area contributed by atoms with Crippen molar-refractivity contribution in [3.63, 3.8) is 0 Å². The van der Waals surface area contributed by atoms with Crippen molar-refractivity contribution in [2.24, 2.45) is 0 Å². The predicted octanol–water partition coefficient (Wildman–Crippen LogP) is 3.59. The highest BCUT2D eigenvalue weighted by Crippen LogP contribution is 2.30. The van der Waals surface area contributed by atoms with Gasteiger partial charge in [0, 0.05) is 13.0 Å². The summed E-state index contributed by atoms with van der Waals surface area (Å²) in [5.74, 6) is -0.717. The van der Waals surface area contributed by atoms with Crippen molar-refractivity contribution >= 4 is 17.7 Å². The van der Waals surface area contributed by atoms with Gasteiger partial charge in [0.25, 0.3) is 11.8 Å². The summed E-state index contributed by atoms with van der Waals surface area (Å²) in [6.07, 6.45) is -3.97. The fourth-order valence-corrected chi connectivity index (χ4v) is 3.19. The standard InChI is InChI=1S/C22H21F3N2O4/c1-14-4-9-17-18(13-14)21(30)27(20(17)29)11-2-3-19(28)26-10-12-31-16-7-5-15(6-8-16)22(23,24)25/h4-9,13H,2-3,10-12H2,1H3,(H,26,28). The average molecular weight is 434 g/mol. The van der Waals surface area contributed by atoms with E-state index in [1.54, 1.807) is 18.2 Å². The second-order valence-electron chi connectivity index (χ2n) is 7.14. The fraction of sp³-hybridized carbons (Fsp3) is 0.318. The van der Waals surface area contributed by atoms with Crippen LogP contribution in [0.3, 0.4) is 0 Å². The molecule has 0 aromatic heterocycles. The molecule has 1 N–H and O–H groups in total. The van der Waals surface area contributed by atoms with Crippen LogP contribution in [0.25, 0.3) is 0 Å². The first-order valence-electron chi connectivity index (χ1n) is 9.70. The molecule has 164 valence electrons. The van der Waals surface area contributed by atoms with Crippen LogP contribution < -0.4 is 10.1 Å². The summed E-state index contributed by atoms with van der Waals surface area (Å²) >= 11 is 0. The van der Waals surface area contributed by atoms with Crippen molar-refractivity contribution < 1.29 is 32.3 Å². The van der Waals surface area contributed by atoms with E-state index in [4.69, 9.17) is 4.74 Å². The summed E-state index contributed by atoms with van der Waals surface area (Å²) in [6, 6.07) is 9.37. The molecule has 6 nitrogen and oxygen atoms in total. The van der Waals surface area contributed by atoms with Crippen LogP contribution in [0.1, 0.15) is 44.7 Å². The van der Waals surface area contributed by atoms with E-state index in [0.29, 0.717) is 17.5 Å². The molecule has 0 atom stereocenters. The first-order chi connectivity index (χ1) is 14.7. The highest BCUT2D eigenvalue weighted by molar-refractivity contribution is 6.21. The fourth-order valence-electron chi connectivity index (χ4n) is 3.19. The van der Waals surface area contributed by atoms with Gasteiger partial charge in [0.05, 0.1) is 23.2 Å². The highest BCUT2D eigenvalue weighted by Gasteiger charge is 2.35. The van der Waals surface area contributed by atoms with Crippen molar-refractivity contribution in [3.8, 4) is 5.75 Å². The molecular weight excluding hydrogens is 413 g/mol. The van der Waals surface area contributed by atoms with E-state index in [0.717, 1.165) is 22.6 Å². The van der Waals surface area contributed by atoms with Crippen LogP contribution in [0.4, 0.5) is 13.2 Å². The topological polar surface area (TPSA) is 75.7 Å². The van der Waals surface area contributed by atoms with Gasteiger partial charge in [-0.05, 0) is 49.7 Å². The molecule has 1 aliphatic heterocycles. The molecule has 2 aromatic carbocycles. The number of fused-ring (bicyclic) bond motifs is 1. The maximum absolute atomic E-state index is 12.5. The molecular formula is C22H21F3N2O4. The normalized spacial score (nSPS) is 13.4. The third-order valence-electron chi connectivity index (χ3n) is 4.79. The third-order valence-corrected chi connectivity index (χ3v) is 4.79. The third kappa shape index (κ3) is 5.42. The van der Waals surface area contributed by atoms with Crippen molar-refractivity contribution in [3.05, 3.63) is 64.7 Å². The number of rotatable bonds is 8. The van der Waals surface area contributed by atoms with Crippen LogP contribution in [0.5, 0.6) is 5.75 Å². The van der Waals surface area contributed by atoms with Crippen LogP contribution >= 0.6 is 0 Å². The summed E-state index contributed by atoms with van der Waals surface area (Å²) < 4.78 is 42.8. The molecule has 1 heterocycles. The summed E-state index contributed by atoms with van der Waals surface area (Å²) in [5.41, 5.74) is 0.885. The largest absolute Gasteiger partial charge is 0.492 e. The van der Waals surface area contributed by atoms with Gasteiger partial charge in [0.1, 0.15) is 12.4 Å². The van der Waals surface area contributed by atoms with Gasteiger partial charge in [-0.15, -0.1) is 0 Å². The molecule has 0 saturated heterocycles. The maximum atomic E-state index is 12.5. The van der Waals surface area contributed by atoms with Gasteiger partial charge in [0.2, 0.25) is 5.91 Å². The van der Waals surface area contributed by atoms with E-state index >= 15 is 0 Å². The molecule has 0 saturated carbocycles. The lowest BCUT2D eigenvalue weighted by molar-refractivity contribution is -0.137. The Morgan fingerprint density at radius 1 is 1.03 bits per heavy atom. The van der Waals surface area contributed by atoms with Crippen molar-refractivity contribution in [2.75, 3.05) is 19.7 Å². The minimum Gasteiger partial charge on any atom is -0.492 e. The zero-order valence-electron chi connectivity index (χ0n) is 16.8. The molecule has 0 fully saturated rings. The molecule has 1 aliphatic rings. The number of imide groups is 1. The molecule has 31 heavy (non-hydrogen) atoms. The Kier molecular flexibility index (Phi) is 6.62. The Labute approximate surface area is 177 Å². The predicted molar refractivity (Wildman–Crippen MR) is 106 cm³/mol. The zero-order chi connectivity index (χ0) is 22.6. The Balaban J connectivity index is 1.36. The first-order valence-corrected chi connectivity index (χ1v) is 9.70. The van der Waals surface area contributed by atoms with E-state index in [-0.39, 0.29) is 49.6 Å². The SMILES string of the molecule is Cc1ccc2c(c1)C(=O)N(CCCC(=O)NCCOc1ccc(C(F)(F)F)cc1)C2=O. The number of halogens is 3. The Morgan fingerprint density at radius 3 is 2.39 bits per heavy atom. The number of nitrogens with one attached hydrogen (secondary N) is 1. The number of hydrogen-bond donors (Lipinski definition) is 1. The van der Waals surface area contributed by atoms with Gasteiger partial charge in [0.15, 0.2) is 0 Å². The zero-order valence-corrected chi connectivity index (χ0v) is 16.8. The molecule has 3 amide bonds. The lowest BCUT2D eigenvalue weighted by Crippen LogP contribution is -2.32. The van der Waals surface area contributed by atoms with Crippen molar-refractivity contribution in [2.45, 2.75) is 25.9 Å². The number of ether oxygens (including phenoxy) is 1. The molecule has 0 unspecified atom stereocenters. The number of benzene rings is 2.